The summed E-state index contributed by atoms with van der Waals surface area (Å²) in [5, 5.41) is 0. The van der Waals surface area contributed by atoms with Gasteiger partial charge < -0.3 is 4.90 Å². The molecule has 0 amide bonds. The van der Waals surface area contributed by atoms with Gasteiger partial charge >= 0.3 is 0 Å². The first-order valence-electron chi connectivity index (χ1n) is 8.77. The van der Waals surface area contributed by atoms with Crippen molar-refractivity contribution < 1.29 is 0 Å². The lowest BCUT2D eigenvalue weighted by Crippen LogP contribution is -2.19. The highest BCUT2D eigenvalue weighted by atomic mass is 15.2. The highest BCUT2D eigenvalue weighted by molar-refractivity contribution is 5.39. The van der Waals surface area contributed by atoms with Crippen molar-refractivity contribution in [2.75, 3.05) is 0 Å². The van der Waals surface area contributed by atoms with Crippen molar-refractivity contribution >= 4 is 0 Å². The Morgan fingerprint density at radius 2 is 1.42 bits per heavy atom. The summed E-state index contributed by atoms with van der Waals surface area (Å²) in [6.45, 7) is 21.8. The van der Waals surface area contributed by atoms with Crippen molar-refractivity contribution in [1.29, 1.82) is 0 Å². The Morgan fingerprint density at radius 1 is 0.833 bits per heavy atom. The quantitative estimate of drug-likeness (QED) is 0.376. The minimum atomic E-state index is 0.954. The van der Waals surface area contributed by atoms with Crippen molar-refractivity contribution in [2.45, 2.75) is 47.5 Å². The number of hydrogen-bond donors (Lipinski definition) is 0. The van der Waals surface area contributed by atoms with Gasteiger partial charge in [-0.05, 0) is 50.1 Å². The Bertz CT molecular complexity index is 510. The van der Waals surface area contributed by atoms with E-state index in [0.29, 0.717) is 0 Å². The molecule has 0 aromatic heterocycles. The largest absolute Gasteiger partial charge is 0.311 e. The second-order valence-electron chi connectivity index (χ2n) is 4.54. The monoisotopic (exact) mass is 325 g/mol. The summed E-state index contributed by atoms with van der Waals surface area (Å²) in [6, 6.07) is 0. The molecular formula is C23H35N. The lowest BCUT2D eigenvalue weighted by molar-refractivity contribution is 0.574. The predicted molar refractivity (Wildman–Crippen MR) is 113 cm³/mol. The molecule has 0 spiro atoms. The van der Waals surface area contributed by atoms with Gasteiger partial charge in [-0.25, -0.2) is 0 Å². The summed E-state index contributed by atoms with van der Waals surface area (Å²) in [4.78, 5) is 2.16. The molecule has 132 valence electrons. The Labute approximate surface area is 150 Å². The van der Waals surface area contributed by atoms with Gasteiger partial charge in [0.05, 0.1) is 0 Å². The first-order chi connectivity index (χ1) is 11.7. The SMILES string of the molecule is C=C/C=C(\C=C)N(C(/C=C\C)=C/C=C)C(/C=C\CC)=C/CC.CC. The zero-order valence-electron chi connectivity index (χ0n) is 16.3. The molecule has 0 aromatic rings. The summed E-state index contributed by atoms with van der Waals surface area (Å²) in [6.07, 6.45) is 21.9. The summed E-state index contributed by atoms with van der Waals surface area (Å²) in [5.41, 5.74) is 3.12. The van der Waals surface area contributed by atoms with Crippen molar-refractivity contribution in [3.63, 3.8) is 0 Å². The summed E-state index contributed by atoms with van der Waals surface area (Å²) in [7, 11) is 0. The van der Waals surface area contributed by atoms with Crippen LogP contribution < -0.4 is 0 Å². The zero-order chi connectivity index (χ0) is 18.8. The third kappa shape index (κ3) is 8.99. The molecule has 0 saturated heterocycles. The van der Waals surface area contributed by atoms with E-state index in [-0.39, 0.29) is 0 Å². The van der Waals surface area contributed by atoms with Crippen LogP contribution in [0.5, 0.6) is 0 Å². The molecule has 0 atom stereocenters. The topological polar surface area (TPSA) is 3.24 Å². The van der Waals surface area contributed by atoms with E-state index in [9.17, 15) is 0 Å². The standard InChI is InChI=1S/C21H29N.C2H6/c1-7-13-18-21(17-11-5)22(19(12-6)14-8-2)20(15-9-3)16-10-4;1-2/h8-10,12-18H,2-3,6-7,11H2,1,4-5H3;1-2H3/b16-10-,18-13-,19-14+,20-15+,21-17+;. The molecule has 0 bridgehead atoms. The molecule has 0 aliphatic rings. The lowest BCUT2D eigenvalue weighted by atomic mass is 10.1. The molecule has 0 fully saturated rings. The predicted octanol–water partition coefficient (Wildman–Crippen LogP) is 7.48. The molecule has 0 radical (unpaired) electrons. The Balaban J connectivity index is 0. The van der Waals surface area contributed by atoms with Crippen molar-refractivity contribution in [1.82, 2.24) is 4.90 Å². The second-order valence-corrected chi connectivity index (χ2v) is 4.54. The van der Waals surface area contributed by atoms with Gasteiger partial charge in [-0.1, -0.05) is 77.8 Å². The van der Waals surface area contributed by atoms with Gasteiger partial charge in [0, 0.05) is 17.1 Å². The van der Waals surface area contributed by atoms with E-state index in [4.69, 9.17) is 0 Å². The van der Waals surface area contributed by atoms with E-state index < -0.39 is 0 Å². The minimum absolute atomic E-state index is 0.954. The molecular weight excluding hydrogens is 290 g/mol. The molecule has 0 aromatic carbocycles. The number of nitrogens with zero attached hydrogens (tertiary/aromatic N) is 1. The number of allylic oxidation sites excluding steroid dienone is 10. The van der Waals surface area contributed by atoms with Crippen LogP contribution in [0.3, 0.4) is 0 Å². The smallest absolute Gasteiger partial charge is 0.0457 e. The molecule has 0 saturated carbocycles. The van der Waals surface area contributed by atoms with Crippen LogP contribution in [0.15, 0.2) is 97.6 Å². The molecule has 0 aliphatic carbocycles. The van der Waals surface area contributed by atoms with Gasteiger partial charge in [0.25, 0.3) is 0 Å². The van der Waals surface area contributed by atoms with Crippen molar-refractivity contribution in [3.05, 3.63) is 97.6 Å². The third-order valence-electron chi connectivity index (χ3n) is 2.84. The van der Waals surface area contributed by atoms with Crippen LogP contribution in [0.2, 0.25) is 0 Å². The average molecular weight is 326 g/mol. The van der Waals surface area contributed by atoms with E-state index in [0.717, 1.165) is 29.9 Å². The van der Waals surface area contributed by atoms with Crippen LogP contribution in [-0.4, -0.2) is 4.90 Å². The zero-order valence-corrected chi connectivity index (χ0v) is 16.3. The van der Waals surface area contributed by atoms with E-state index in [2.05, 4.69) is 62.8 Å². The highest BCUT2D eigenvalue weighted by Crippen LogP contribution is 2.24. The van der Waals surface area contributed by atoms with Gasteiger partial charge in [0.2, 0.25) is 0 Å². The fourth-order valence-corrected chi connectivity index (χ4v) is 1.98. The summed E-state index contributed by atoms with van der Waals surface area (Å²) >= 11 is 0. The third-order valence-corrected chi connectivity index (χ3v) is 2.84. The molecule has 0 aliphatic heterocycles. The minimum Gasteiger partial charge on any atom is -0.311 e. The second kappa shape index (κ2) is 17.1. The normalized spacial score (nSPS) is 12.8. The van der Waals surface area contributed by atoms with Crippen LogP contribution in [0.4, 0.5) is 0 Å². The van der Waals surface area contributed by atoms with Gasteiger partial charge in [-0.15, -0.1) is 0 Å². The number of hydrogen-bond acceptors (Lipinski definition) is 1. The van der Waals surface area contributed by atoms with Gasteiger partial charge in [0.1, 0.15) is 0 Å². The Hall–Kier alpha value is -2.28. The maximum absolute atomic E-state index is 3.94. The lowest BCUT2D eigenvalue weighted by Gasteiger charge is -2.28. The first kappa shape index (κ1) is 24.0. The Morgan fingerprint density at radius 3 is 1.83 bits per heavy atom. The van der Waals surface area contributed by atoms with Gasteiger partial charge in [-0.3, -0.25) is 0 Å². The maximum Gasteiger partial charge on any atom is 0.0457 e. The molecule has 0 N–H and O–H groups in total. The van der Waals surface area contributed by atoms with E-state index >= 15 is 0 Å². The van der Waals surface area contributed by atoms with Crippen LogP contribution in [0.25, 0.3) is 0 Å². The molecule has 1 nitrogen and oxygen atoms in total. The number of rotatable bonds is 10. The van der Waals surface area contributed by atoms with Crippen LogP contribution in [-0.2, 0) is 0 Å². The van der Waals surface area contributed by atoms with Crippen molar-refractivity contribution in [3.8, 4) is 0 Å². The maximum atomic E-state index is 3.94. The van der Waals surface area contributed by atoms with E-state index in [1.807, 2.05) is 45.1 Å². The summed E-state index contributed by atoms with van der Waals surface area (Å²) in [5.74, 6) is 0. The van der Waals surface area contributed by atoms with Crippen LogP contribution in [0.1, 0.15) is 47.5 Å². The molecule has 0 unspecified atom stereocenters. The molecule has 0 heterocycles. The first-order valence-corrected chi connectivity index (χ1v) is 8.77. The summed E-state index contributed by atoms with van der Waals surface area (Å²) < 4.78 is 0. The highest BCUT2D eigenvalue weighted by Gasteiger charge is 2.13. The van der Waals surface area contributed by atoms with Crippen LogP contribution in [0, 0.1) is 0 Å². The van der Waals surface area contributed by atoms with Gasteiger partial charge in [0.15, 0.2) is 0 Å². The molecule has 24 heavy (non-hydrogen) atoms. The van der Waals surface area contributed by atoms with E-state index in [1.165, 1.54) is 0 Å². The van der Waals surface area contributed by atoms with Gasteiger partial charge in [-0.2, -0.15) is 0 Å². The average Bonchev–Trinajstić information content (AvgIpc) is 2.61. The fourth-order valence-electron chi connectivity index (χ4n) is 1.98. The Kier molecular flexibility index (Phi) is 17.1. The van der Waals surface area contributed by atoms with Crippen molar-refractivity contribution in [2.24, 2.45) is 0 Å². The van der Waals surface area contributed by atoms with E-state index in [1.54, 1.807) is 12.2 Å². The van der Waals surface area contributed by atoms with Crippen LogP contribution >= 0.6 is 0 Å². The fraction of sp³-hybridized carbons (Fsp3) is 0.304. The molecule has 0 rings (SSSR count). The molecule has 1 heteroatoms.